The van der Waals surface area contributed by atoms with Crippen LogP contribution in [0.3, 0.4) is 0 Å². The van der Waals surface area contributed by atoms with Crippen LogP contribution >= 0.6 is 0 Å². The molecule has 3 rings (SSSR count). The lowest BCUT2D eigenvalue weighted by atomic mass is 10.3. The molecule has 2 heterocycles. The van der Waals surface area contributed by atoms with Crippen molar-refractivity contribution in [2.45, 2.75) is 44.6 Å². The molecular weight excluding hydrogens is 288 g/mol. The van der Waals surface area contributed by atoms with E-state index < -0.39 is 10.0 Å². The molecule has 1 atom stereocenters. The molecule has 1 saturated heterocycles. The van der Waals surface area contributed by atoms with E-state index in [2.05, 4.69) is 19.6 Å². The highest BCUT2D eigenvalue weighted by Crippen LogP contribution is 2.39. The zero-order valence-corrected chi connectivity index (χ0v) is 13.1. The number of hydrogen-bond acceptors (Lipinski definition) is 5. The maximum atomic E-state index is 11.8. The SMILES string of the molecule is CCCS(=O)(=O)NC1CCN(c2nccc(C3CC3)n2)C1. The van der Waals surface area contributed by atoms with Gasteiger partial charge < -0.3 is 4.90 Å². The van der Waals surface area contributed by atoms with Crippen LogP contribution in [-0.4, -0.2) is 43.3 Å². The molecule has 2 fully saturated rings. The Bertz CT molecular complexity index is 601. The van der Waals surface area contributed by atoms with Crippen molar-refractivity contribution in [1.29, 1.82) is 0 Å². The molecule has 0 amide bonds. The van der Waals surface area contributed by atoms with Gasteiger partial charge in [-0.15, -0.1) is 0 Å². The molecule has 116 valence electrons. The first kappa shape index (κ1) is 14.7. The van der Waals surface area contributed by atoms with Gasteiger partial charge in [0.25, 0.3) is 0 Å². The lowest BCUT2D eigenvalue weighted by Crippen LogP contribution is -2.38. The second-order valence-electron chi connectivity index (χ2n) is 5.92. The minimum absolute atomic E-state index is 0.0327. The Morgan fingerprint density at radius 3 is 2.90 bits per heavy atom. The largest absolute Gasteiger partial charge is 0.339 e. The number of anilines is 1. The highest BCUT2D eigenvalue weighted by Gasteiger charge is 2.29. The van der Waals surface area contributed by atoms with E-state index in [4.69, 9.17) is 0 Å². The normalized spacial score (nSPS) is 22.7. The Morgan fingerprint density at radius 2 is 2.19 bits per heavy atom. The maximum absolute atomic E-state index is 11.8. The molecule has 1 saturated carbocycles. The van der Waals surface area contributed by atoms with Gasteiger partial charge in [-0.3, -0.25) is 0 Å². The van der Waals surface area contributed by atoms with Crippen molar-refractivity contribution < 1.29 is 8.42 Å². The van der Waals surface area contributed by atoms with Crippen molar-refractivity contribution in [3.8, 4) is 0 Å². The van der Waals surface area contributed by atoms with Crippen LogP contribution < -0.4 is 9.62 Å². The average Bonchev–Trinajstić information content (AvgIpc) is 3.19. The molecule has 1 aliphatic heterocycles. The Hall–Kier alpha value is -1.21. The molecule has 1 aromatic rings. The molecule has 1 unspecified atom stereocenters. The van der Waals surface area contributed by atoms with Gasteiger partial charge in [0.05, 0.1) is 5.75 Å². The van der Waals surface area contributed by atoms with Crippen LogP contribution in [0, 0.1) is 0 Å². The van der Waals surface area contributed by atoms with Crippen LogP contribution in [0.4, 0.5) is 5.95 Å². The molecule has 1 N–H and O–H groups in total. The summed E-state index contributed by atoms with van der Waals surface area (Å²) in [6.07, 6.45) is 5.69. The van der Waals surface area contributed by atoms with Crippen LogP contribution in [0.25, 0.3) is 0 Å². The van der Waals surface area contributed by atoms with E-state index in [0.29, 0.717) is 18.9 Å². The topological polar surface area (TPSA) is 75.2 Å². The van der Waals surface area contributed by atoms with Crippen molar-refractivity contribution in [3.63, 3.8) is 0 Å². The van der Waals surface area contributed by atoms with E-state index in [9.17, 15) is 8.42 Å². The first-order chi connectivity index (χ1) is 10.1. The molecule has 0 bridgehead atoms. The molecule has 6 nitrogen and oxygen atoms in total. The molecule has 1 aliphatic carbocycles. The van der Waals surface area contributed by atoms with Gasteiger partial charge in [-0.05, 0) is 31.7 Å². The third-order valence-corrected chi connectivity index (χ3v) is 5.59. The van der Waals surface area contributed by atoms with Crippen LogP contribution in [0.2, 0.25) is 0 Å². The summed E-state index contributed by atoms with van der Waals surface area (Å²) in [6.45, 7) is 3.32. The van der Waals surface area contributed by atoms with Gasteiger partial charge in [0.1, 0.15) is 0 Å². The molecular formula is C14H22N4O2S. The van der Waals surface area contributed by atoms with E-state index in [1.807, 2.05) is 19.2 Å². The summed E-state index contributed by atoms with van der Waals surface area (Å²) in [4.78, 5) is 11.0. The molecule has 2 aliphatic rings. The second-order valence-corrected chi connectivity index (χ2v) is 7.80. The monoisotopic (exact) mass is 310 g/mol. The fourth-order valence-corrected chi connectivity index (χ4v) is 4.10. The van der Waals surface area contributed by atoms with Crippen molar-refractivity contribution in [2.75, 3.05) is 23.7 Å². The summed E-state index contributed by atoms with van der Waals surface area (Å²) < 4.78 is 26.4. The Labute approximate surface area is 126 Å². The van der Waals surface area contributed by atoms with Gasteiger partial charge in [0, 0.05) is 36.9 Å². The summed E-state index contributed by atoms with van der Waals surface area (Å²) in [6, 6.07) is 1.95. The maximum Gasteiger partial charge on any atom is 0.225 e. The minimum Gasteiger partial charge on any atom is -0.339 e. The average molecular weight is 310 g/mol. The number of hydrogen-bond donors (Lipinski definition) is 1. The van der Waals surface area contributed by atoms with Gasteiger partial charge in [-0.2, -0.15) is 0 Å². The number of sulfonamides is 1. The molecule has 0 radical (unpaired) electrons. The van der Waals surface area contributed by atoms with Crippen molar-refractivity contribution >= 4 is 16.0 Å². The van der Waals surface area contributed by atoms with E-state index in [-0.39, 0.29) is 11.8 Å². The van der Waals surface area contributed by atoms with E-state index in [0.717, 1.165) is 24.6 Å². The molecule has 1 aromatic heterocycles. The molecule has 0 aromatic carbocycles. The first-order valence-corrected chi connectivity index (χ1v) is 9.30. The van der Waals surface area contributed by atoms with Crippen LogP contribution in [0.1, 0.15) is 44.2 Å². The predicted molar refractivity (Wildman–Crippen MR) is 81.8 cm³/mol. The zero-order valence-electron chi connectivity index (χ0n) is 12.3. The summed E-state index contributed by atoms with van der Waals surface area (Å²) in [5.74, 6) is 1.53. The predicted octanol–water partition coefficient (Wildman–Crippen LogP) is 1.26. The third-order valence-electron chi connectivity index (χ3n) is 3.95. The van der Waals surface area contributed by atoms with Gasteiger partial charge >= 0.3 is 0 Å². The van der Waals surface area contributed by atoms with Crippen LogP contribution in [0.5, 0.6) is 0 Å². The lowest BCUT2D eigenvalue weighted by Gasteiger charge is -2.17. The standard InChI is InChI=1S/C14H22N4O2S/c1-2-9-21(19,20)17-12-6-8-18(10-12)14-15-7-5-13(16-14)11-3-4-11/h5,7,11-12,17H,2-4,6,8-10H2,1H3. The van der Waals surface area contributed by atoms with Crippen LogP contribution in [-0.2, 0) is 10.0 Å². The summed E-state index contributed by atoms with van der Waals surface area (Å²) in [5.41, 5.74) is 1.12. The van der Waals surface area contributed by atoms with Gasteiger partial charge in [-0.1, -0.05) is 6.92 Å². The van der Waals surface area contributed by atoms with Crippen molar-refractivity contribution in [3.05, 3.63) is 18.0 Å². The number of nitrogens with zero attached hydrogens (tertiary/aromatic N) is 3. The smallest absolute Gasteiger partial charge is 0.225 e. The zero-order chi connectivity index (χ0) is 14.9. The number of aromatic nitrogens is 2. The Balaban J connectivity index is 1.63. The second kappa shape index (κ2) is 5.88. The van der Waals surface area contributed by atoms with Gasteiger partial charge in [-0.25, -0.2) is 23.1 Å². The van der Waals surface area contributed by atoms with Gasteiger partial charge in [0.2, 0.25) is 16.0 Å². The highest BCUT2D eigenvalue weighted by atomic mass is 32.2. The quantitative estimate of drug-likeness (QED) is 0.856. The molecule has 7 heteroatoms. The summed E-state index contributed by atoms with van der Waals surface area (Å²) in [7, 11) is -3.15. The van der Waals surface area contributed by atoms with E-state index in [1.165, 1.54) is 12.8 Å². The van der Waals surface area contributed by atoms with Crippen molar-refractivity contribution in [1.82, 2.24) is 14.7 Å². The molecule has 21 heavy (non-hydrogen) atoms. The number of nitrogens with one attached hydrogen (secondary N) is 1. The summed E-state index contributed by atoms with van der Waals surface area (Å²) in [5, 5.41) is 0. The Morgan fingerprint density at radius 1 is 1.38 bits per heavy atom. The fourth-order valence-electron chi connectivity index (χ4n) is 2.74. The minimum atomic E-state index is -3.15. The highest BCUT2D eigenvalue weighted by molar-refractivity contribution is 7.89. The van der Waals surface area contributed by atoms with Crippen molar-refractivity contribution in [2.24, 2.45) is 0 Å². The fraction of sp³-hybridized carbons (Fsp3) is 0.714. The van der Waals surface area contributed by atoms with Gasteiger partial charge in [0.15, 0.2) is 0 Å². The van der Waals surface area contributed by atoms with E-state index >= 15 is 0 Å². The number of rotatable bonds is 6. The third kappa shape index (κ3) is 3.71. The van der Waals surface area contributed by atoms with Crippen LogP contribution in [0.15, 0.2) is 12.3 Å². The Kier molecular flexibility index (Phi) is 4.12. The lowest BCUT2D eigenvalue weighted by molar-refractivity contribution is 0.560. The summed E-state index contributed by atoms with van der Waals surface area (Å²) >= 11 is 0. The first-order valence-electron chi connectivity index (χ1n) is 7.65. The van der Waals surface area contributed by atoms with E-state index in [1.54, 1.807) is 0 Å². The molecule has 0 spiro atoms.